The fourth-order valence-electron chi connectivity index (χ4n) is 1.51. The van der Waals surface area contributed by atoms with Crippen molar-refractivity contribution in [3.8, 4) is 5.75 Å². The lowest BCUT2D eigenvalue weighted by molar-refractivity contribution is -0.0498. The van der Waals surface area contributed by atoms with Gasteiger partial charge in [-0.2, -0.15) is 13.9 Å². The zero-order valence-electron chi connectivity index (χ0n) is 9.57. The standard InChI is InChI=1S/C12H13F2N3O/c13-12(14)18-11-3-1-9(2-4-11)7-15-8-10-5-6-16-17-10/h1-6,12,15H,7-8H2,(H,16,17). The molecule has 0 aliphatic rings. The Balaban J connectivity index is 1.79. The van der Waals surface area contributed by atoms with E-state index in [1.54, 1.807) is 18.3 Å². The minimum Gasteiger partial charge on any atom is -0.435 e. The van der Waals surface area contributed by atoms with Crippen LogP contribution in [0, 0.1) is 0 Å². The number of nitrogens with zero attached hydrogens (tertiary/aromatic N) is 1. The minimum atomic E-state index is -2.78. The Morgan fingerprint density at radius 3 is 2.56 bits per heavy atom. The zero-order valence-corrected chi connectivity index (χ0v) is 9.57. The van der Waals surface area contributed by atoms with Gasteiger partial charge in [-0.3, -0.25) is 5.10 Å². The molecule has 0 radical (unpaired) electrons. The third-order valence-corrected chi connectivity index (χ3v) is 2.35. The number of benzene rings is 1. The summed E-state index contributed by atoms with van der Waals surface area (Å²) in [5.41, 5.74) is 1.99. The van der Waals surface area contributed by atoms with Crippen LogP contribution in [0.5, 0.6) is 5.75 Å². The first-order valence-electron chi connectivity index (χ1n) is 5.47. The van der Waals surface area contributed by atoms with Crippen LogP contribution in [0.1, 0.15) is 11.3 Å². The van der Waals surface area contributed by atoms with Crippen LogP contribution in [0.4, 0.5) is 8.78 Å². The Morgan fingerprint density at radius 1 is 1.17 bits per heavy atom. The normalized spacial score (nSPS) is 10.8. The van der Waals surface area contributed by atoms with Crippen molar-refractivity contribution in [2.45, 2.75) is 19.7 Å². The number of halogens is 2. The maximum Gasteiger partial charge on any atom is 0.387 e. The predicted octanol–water partition coefficient (Wildman–Crippen LogP) is 2.30. The van der Waals surface area contributed by atoms with Crippen LogP contribution >= 0.6 is 0 Å². The molecule has 1 aromatic carbocycles. The van der Waals surface area contributed by atoms with Gasteiger partial charge in [0.1, 0.15) is 5.75 Å². The number of ether oxygens (including phenoxy) is 1. The van der Waals surface area contributed by atoms with Crippen LogP contribution in [0.3, 0.4) is 0 Å². The first kappa shape index (κ1) is 12.5. The van der Waals surface area contributed by atoms with Gasteiger partial charge in [0.05, 0.1) is 0 Å². The highest BCUT2D eigenvalue weighted by Crippen LogP contribution is 2.14. The molecule has 0 saturated carbocycles. The smallest absolute Gasteiger partial charge is 0.387 e. The summed E-state index contributed by atoms with van der Waals surface area (Å²) < 4.78 is 28.1. The van der Waals surface area contributed by atoms with E-state index >= 15 is 0 Å². The lowest BCUT2D eigenvalue weighted by Crippen LogP contribution is -2.12. The molecule has 0 unspecified atom stereocenters. The Labute approximate surface area is 103 Å². The van der Waals surface area contributed by atoms with E-state index < -0.39 is 6.61 Å². The van der Waals surface area contributed by atoms with Crippen molar-refractivity contribution in [3.63, 3.8) is 0 Å². The Morgan fingerprint density at radius 2 is 1.94 bits per heavy atom. The molecule has 18 heavy (non-hydrogen) atoms. The van der Waals surface area contributed by atoms with Gasteiger partial charge in [-0.15, -0.1) is 0 Å². The predicted molar refractivity (Wildman–Crippen MR) is 62.2 cm³/mol. The average molecular weight is 253 g/mol. The number of H-pyrrole nitrogens is 1. The molecule has 6 heteroatoms. The molecule has 0 amide bonds. The Hall–Kier alpha value is -1.95. The number of alkyl halides is 2. The molecule has 0 saturated heterocycles. The van der Waals surface area contributed by atoms with Crippen molar-refractivity contribution in [3.05, 3.63) is 47.8 Å². The maximum absolute atomic E-state index is 11.9. The third kappa shape index (κ3) is 3.81. The summed E-state index contributed by atoms with van der Waals surface area (Å²) >= 11 is 0. The number of rotatable bonds is 6. The van der Waals surface area contributed by atoms with E-state index in [0.717, 1.165) is 11.3 Å². The van der Waals surface area contributed by atoms with E-state index in [1.807, 2.05) is 6.07 Å². The molecule has 0 aliphatic heterocycles. The maximum atomic E-state index is 11.9. The van der Waals surface area contributed by atoms with Gasteiger partial charge >= 0.3 is 6.61 Å². The largest absolute Gasteiger partial charge is 0.435 e. The van der Waals surface area contributed by atoms with Crippen molar-refractivity contribution in [2.75, 3.05) is 0 Å². The molecule has 1 heterocycles. The highest BCUT2D eigenvalue weighted by atomic mass is 19.3. The van der Waals surface area contributed by atoms with Gasteiger partial charge in [0.15, 0.2) is 0 Å². The Bertz CT molecular complexity index is 457. The highest BCUT2D eigenvalue weighted by molar-refractivity contribution is 5.27. The van der Waals surface area contributed by atoms with Crippen molar-refractivity contribution >= 4 is 0 Å². The molecule has 1 aromatic heterocycles. The monoisotopic (exact) mass is 253 g/mol. The molecule has 0 spiro atoms. The van der Waals surface area contributed by atoms with Gasteiger partial charge in [-0.05, 0) is 23.8 Å². The summed E-state index contributed by atoms with van der Waals surface area (Å²) in [6.45, 7) is -1.46. The van der Waals surface area contributed by atoms with Gasteiger partial charge in [0.25, 0.3) is 0 Å². The minimum absolute atomic E-state index is 0.169. The van der Waals surface area contributed by atoms with Crippen molar-refractivity contribution in [1.29, 1.82) is 0 Å². The second-order valence-electron chi connectivity index (χ2n) is 3.71. The van der Waals surface area contributed by atoms with Crippen molar-refractivity contribution < 1.29 is 13.5 Å². The van der Waals surface area contributed by atoms with Crippen molar-refractivity contribution in [2.24, 2.45) is 0 Å². The summed E-state index contributed by atoms with van der Waals surface area (Å²) in [6, 6.07) is 8.43. The molecule has 2 aromatic rings. The molecule has 0 atom stereocenters. The van der Waals surface area contributed by atoms with Crippen LogP contribution in [-0.4, -0.2) is 16.8 Å². The summed E-state index contributed by atoms with van der Waals surface area (Å²) in [4.78, 5) is 0. The zero-order chi connectivity index (χ0) is 12.8. The molecule has 0 fully saturated rings. The Kier molecular flexibility index (Phi) is 4.25. The molecule has 2 N–H and O–H groups in total. The summed E-state index contributed by atoms with van der Waals surface area (Å²) in [7, 11) is 0. The first-order chi connectivity index (χ1) is 8.74. The summed E-state index contributed by atoms with van der Waals surface area (Å²) in [6.07, 6.45) is 1.69. The number of aromatic amines is 1. The quantitative estimate of drug-likeness (QED) is 0.830. The highest BCUT2D eigenvalue weighted by Gasteiger charge is 2.03. The van der Waals surface area contributed by atoms with E-state index in [1.165, 1.54) is 12.1 Å². The van der Waals surface area contributed by atoms with E-state index in [0.29, 0.717) is 13.1 Å². The molecular formula is C12H13F2N3O. The fraction of sp³-hybridized carbons (Fsp3) is 0.250. The second-order valence-corrected chi connectivity index (χ2v) is 3.71. The van der Waals surface area contributed by atoms with Gasteiger partial charge < -0.3 is 10.1 Å². The van der Waals surface area contributed by atoms with E-state index in [-0.39, 0.29) is 5.75 Å². The van der Waals surface area contributed by atoms with Crippen LogP contribution in [-0.2, 0) is 13.1 Å². The molecular weight excluding hydrogens is 240 g/mol. The second kappa shape index (κ2) is 6.11. The van der Waals surface area contributed by atoms with Crippen LogP contribution in [0.2, 0.25) is 0 Å². The first-order valence-corrected chi connectivity index (χ1v) is 5.47. The molecule has 0 bridgehead atoms. The molecule has 0 aliphatic carbocycles. The van der Waals surface area contributed by atoms with Gasteiger partial charge in [-0.25, -0.2) is 0 Å². The molecule has 2 rings (SSSR count). The number of aromatic nitrogens is 2. The number of hydrogen-bond donors (Lipinski definition) is 2. The number of hydrogen-bond acceptors (Lipinski definition) is 3. The topological polar surface area (TPSA) is 49.9 Å². The average Bonchev–Trinajstić information content (AvgIpc) is 2.84. The van der Waals surface area contributed by atoms with E-state index in [2.05, 4.69) is 20.3 Å². The third-order valence-electron chi connectivity index (χ3n) is 2.35. The van der Waals surface area contributed by atoms with Gasteiger partial charge in [-0.1, -0.05) is 12.1 Å². The van der Waals surface area contributed by atoms with Crippen molar-refractivity contribution in [1.82, 2.24) is 15.5 Å². The molecule has 4 nitrogen and oxygen atoms in total. The SMILES string of the molecule is FC(F)Oc1ccc(CNCc2ccn[nH]2)cc1. The van der Waals surface area contributed by atoms with E-state index in [9.17, 15) is 8.78 Å². The fourth-order valence-corrected chi connectivity index (χ4v) is 1.51. The van der Waals surface area contributed by atoms with Crippen LogP contribution in [0.15, 0.2) is 36.5 Å². The molecule has 96 valence electrons. The summed E-state index contributed by atoms with van der Waals surface area (Å²) in [5.74, 6) is 0.169. The van der Waals surface area contributed by atoms with Crippen LogP contribution in [0.25, 0.3) is 0 Å². The van der Waals surface area contributed by atoms with Gasteiger partial charge in [0, 0.05) is 25.0 Å². The number of nitrogens with one attached hydrogen (secondary N) is 2. The van der Waals surface area contributed by atoms with E-state index in [4.69, 9.17) is 0 Å². The summed E-state index contributed by atoms with van der Waals surface area (Å²) in [5, 5.41) is 9.88. The lowest BCUT2D eigenvalue weighted by atomic mass is 10.2. The lowest BCUT2D eigenvalue weighted by Gasteiger charge is -2.06. The van der Waals surface area contributed by atoms with Crippen LogP contribution < -0.4 is 10.1 Å². The van der Waals surface area contributed by atoms with Gasteiger partial charge in [0.2, 0.25) is 0 Å².